The Hall–Kier alpha value is -1.66. The number of carbonyl (C=O) groups is 2. The van der Waals surface area contributed by atoms with Crippen LogP contribution in [0.1, 0.15) is 39.0 Å². The van der Waals surface area contributed by atoms with E-state index < -0.39 is 0 Å². The van der Waals surface area contributed by atoms with E-state index >= 15 is 0 Å². The molecule has 132 valence electrons. The summed E-state index contributed by atoms with van der Waals surface area (Å²) in [6, 6.07) is 3.90. The Kier molecular flexibility index (Phi) is 5.83. The van der Waals surface area contributed by atoms with Gasteiger partial charge in [-0.25, -0.2) is 0 Å². The van der Waals surface area contributed by atoms with Crippen LogP contribution in [0, 0.1) is 0 Å². The first-order valence-corrected chi connectivity index (χ1v) is 9.17. The number of nitrogens with one attached hydrogen (secondary N) is 3. The molecule has 0 bridgehead atoms. The summed E-state index contributed by atoms with van der Waals surface area (Å²) in [6.45, 7) is 9.24. The number of hydrogen-bond donors (Lipinski definition) is 3. The van der Waals surface area contributed by atoms with Crippen molar-refractivity contribution in [2.45, 2.75) is 51.6 Å². The van der Waals surface area contributed by atoms with Crippen LogP contribution < -0.4 is 16.0 Å². The van der Waals surface area contributed by atoms with E-state index in [9.17, 15) is 9.59 Å². The molecule has 0 spiro atoms. The summed E-state index contributed by atoms with van der Waals surface area (Å²) >= 11 is 1.58. The molecule has 0 saturated carbocycles. The maximum Gasteiger partial charge on any atom is 0.248 e. The van der Waals surface area contributed by atoms with Gasteiger partial charge >= 0.3 is 0 Å². The summed E-state index contributed by atoms with van der Waals surface area (Å²) in [5, 5.41) is 11.2. The Balaban J connectivity index is 1.67. The van der Waals surface area contributed by atoms with E-state index in [1.165, 1.54) is 0 Å². The lowest BCUT2D eigenvalue weighted by atomic mass is 9.96. The van der Waals surface area contributed by atoms with Gasteiger partial charge in [-0.05, 0) is 45.6 Å². The maximum absolute atomic E-state index is 12.4. The van der Waals surface area contributed by atoms with Gasteiger partial charge in [0.2, 0.25) is 11.8 Å². The molecule has 0 aromatic carbocycles. The number of thiophene rings is 1. The molecular formula is C18H27N3O2S. The first kappa shape index (κ1) is 18.7. The third-order valence-corrected chi connectivity index (χ3v) is 4.81. The number of hydrogen-bond acceptors (Lipinski definition) is 4. The Morgan fingerprint density at radius 1 is 1.17 bits per heavy atom. The van der Waals surface area contributed by atoms with Crippen molar-refractivity contribution in [3.8, 4) is 0 Å². The topological polar surface area (TPSA) is 70.2 Å². The van der Waals surface area contributed by atoms with E-state index in [-0.39, 0.29) is 22.9 Å². The van der Waals surface area contributed by atoms with Crippen molar-refractivity contribution >= 4 is 23.2 Å². The van der Waals surface area contributed by atoms with Crippen LogP contribution in [0.4, 0.5) is 0 Å². The van der Waals surface area contributed by atoms with E-state index in [1.807, 2.05) is 37.4 Å². The molecule has 2 heterocycles. The molecule has 5 nitrogen and oxygen atoms in total. The van der Waals surface area contributed by atoms with Crippen molar-refractivity contribution in [2.24, 2.45) is 0 Å². The van der Waals surface area contributed by atoms with Gasteiger partial charge in [0, 0.05) is 34.6 Å². The minimum absolute atomic E-state index is 0.0226. The van der Waals surface area contributed by atoms with Crippen LogP contribution in [0.25, 0.3) is 0 Å². The average Bonchev–Trinajstić information content (AvgIpc) is 3.03. The Labute approximate surface area is 147 Å². The highest BCUT2D eigenvalue weighted by molar-refractivity contribution is 7.10. The van der Waals surface area contributed by atoms with Crippen LogP contribution in [-0.4, -0.2) is 36.0 Å². The molecule has 6 heteroatoms. The lowest BCUT2D eigenvalue weighted by molar-refractivity contribution is -0.120. The van der Waals surface area contributed by atoms with E-state index in [0.717, 1.165) is 10.5 Å². The molecular weight excluding hydrogens is 322 g/mol. The van der Waals surface area contributed by atoms with Crippen molar-refractivity contribution in [2.75, 3.05) is 13.1 Å². The fourth-order valence-electron chi connectivity index (χ4n) is 3.05. The molecule has 2 rings (SSSR count). The quantitative estimate of drug-likeness (QED) is 0.660. The van der Waals surface area contributed by atoms with Crippen LogP contribution in [0.15, 0.2) is 29.2 Å². The summed E-state index contributed by atoms with van der Waals surface area (Å²) in [4.78, 5) is 25.2. The Morgan fingerprint density at radius 3 is 2.46 bits per heavy atom. The zero-order valence-corrected chi connectivity index (χ0v) is 15.7. The molecule has 3 N–H and O–H groups in total. The monoisotopic (exact) mass is 349 g/mol. The molecule has 0 unspecified atom stereocenters. The number of rotatable bonds is 7. The normalized spacial score (nSPS) is 18.1. The highest BCUT2D eigenvalue weighted by Crippen LogP contribution is 2.29. The van der Waals surface area contributed by atoms with Gasteiger partial charge in [0.05, 0.1) is 6.42 Å². The lowest BCUT2D eigenvalue weighted by Crippen LogP contribution is -2.47. The molecule has 0 saturated heterocycles. The van der Waals surface area contributed by atoms with Gasteiger partial charge < -0.3 is 10.6 Å². The molecule has 1 aliphatic heterocycles. The van der Waals surface area contributed by atoms with Crippen molar-refractivity contribution in [3.05, 3.63) is 34.0 Å². The van der Waals surface area contributed by atoms with E-state index in [1.54, 1.807) is 11.3 Å². The first-order valence-electron chi connectivity index (χ1n) is 8.29. The van der Waals surface area contributed by atoms with Crippen molar-refractivity contribution in [1.82, 2.24) is 16.0 Å². The third-order valence-electron chi connectivity index (χ3n) is 3.93. The second kappa shape index (κ2) is 7.49. The molecule has 0 aliphatic carbocycles. The lowest BCUT2D eigenvalue weighted by Gasteiger charge is -2.27. The van der Waals surface area contributed by atoms with Crippen molar-refractivity contribution in [1.29, 1.82) is 0 Å². The standard InChI is InChI=1S/C18H27N3O2S/c1-17(2)12-14(18(3,4)21-17)16(23)20-9-6-8-19-15(22)11-13-7-5-10-24-13/h5,7,10,12,21H,6,8-9,11H2,1-4H3,(H,19,22)(H,20,23). The zero-order valence-electron chi connectivity index (χ0n) is 14.9. The van der Waals surface area contributed by atoms with Crippen LogP contribution in [-0.2, 0) is 16.0 Å². The summed E-state index contributed by atoms with van der Waals surface area (Å²) in [7, 11) is 0. The van der Waals surface area contributed by atoms with E-state index in [0.29, 0.717) is 25.9 Å². The molecule has 1 aromatic heterocycles. The number of amides is 2. The molecule has 1 aliphatic rings. The van der Waals surface area contributed by atoms with Crippen LogP contribution in [0.2, 0.25) is 0 Å². The zero-order chi connectivity index (χ0) is 17.8. The minimum Gasteiger partial charge on any atom is -0.356 e. The smallest absolute Gasteiger partial charge is 0.248 e. The molecule has 0 fully saturated rings. The SMILES string of the molecule is CC1(C)C=C(C(=O)NCCCNC(=O)Cc2cccs2)C(C)(C)N1. The summed E-state index contributed by atoms with van der Waals surface area (Å²) in [5.41, 5.74) is 0.267. The third kappa shape index (κ3) is 5.18. The first-order chi connectivity index (χ1) is 11.2. The number of carbonyl (C=O) groups excluding carboxylic acids is 2. The van der Waals surface area contributed by atoms with Crippen LogP contribution in [0.5, 0.6) is 0 Å². The highest BCUT2D eigenvalue weighted by Gasteiger charge is 2.39. The van der Waals surface area contributed by atoms with Crippen LogP contribution in [0.3, 0.4) is 0 Å². The van der Waals surface area contributed by atoms with Crippen LogP contribution >= 0.6 is 11.3 Å². The fourth-order valence-corrected chi connectivity index (χ4v) is 3.75. The molecule has 1 aromatic rings. The summed E-state index contributed by atoms with van der Waals surface area (Å²) in [5.74, 6) is -0.0163. The second-order valence-electron chi connectivity index (χ2n) is 7.25. The predicted octanol–water partition coefficient (Wildman–Crippen LogP) is 2.00. The van der Waals surface area contributed by atoms with Gasteiger partial charge in [-0.2, -0.15) is 0 Å². The molecule has 2 amide bonds. The molecule has 0 atom stereocenters. The maximum atomic E-state index is 12.4. The van der Waals surface area contributed by atoms with Crippen molar-refractivity contribution in [3.63, 3.8) is 0 Å². The second-order valence-corrected chi connectivity index (χ2v) is 8.28. The van der Waals surface area contributed by atoms with Gasteiger partial charge in [-0.3, -0.25) is 14.9 Å². The highest BCUT2D eigenvalue weighted by atomic mass is 32.1. The Morgan fingerprint density at radius 2 is 1.88 bits per heavy atom. The van der Waals surface area contributed by atoms with Gasteiger partial charge in [0.25, 0.3) is 0 Å². The Bertz CT molecular complexity index is 618. The summed E-state index contributed by atoms with van der Waals surface area (Å²) < 4.78 is 0. The fraction of sp³-hybridized carbons (Fsp3) is 0.556. The average molecular weight is 350 g/mol. The molecule has 24 heavy (non-hydrogen) atoms. The van der Waals surface area contributed by atoms with Gasteiger partial charge in [-0.15, -0.1) is 11.3 Å². The summed E-state index contributed by atoms with van der Waals surface area (Å²) in [6.07, 6.45) is 3.13. The van der Waals surface area contributed by atoms with Crippen molar-refractivity contribution < 1.29 is 9.59 Å². The minimum atomic E-state index is -0.331. The largest absolute Gasteiger partial charge is 0.356 e. The van der Waals surface area contributed by atoms with E-state index in [4.69, 9.17) is 0 Å². The van der Waals surface area contributed by atoms with Gasteiger partial charge in [-0.1, -0.05) is 12.1 Å². The van der Waals surface area contributed by atoms with Gasteiger partial charge in [0.15, 0.2) is 0 Å². The molecule has 0 radical (unpaired) electrons. The van der Waals surface area contributed by atoms with Gasteiger partial charge in [0.1, 0.15) is 0 Å². The van der Waals surface area contributed by atoms with E-state index in [2.05, 4.69) is 29.8 Å². The predicted molar refractivity (Wildman–Crippen MR) is 98.0 cm³/mol.